The zero-order valence-electron chi connectivity index (χ0n) is 12.3. The molecule has 0 bridgehead atoms. The highest BCUT2D eigenvalue weighted by Gasteiger charge is 2.33. The van der Waals surface area contributed by atoms with E-state index in [-0.39, 0.29) is 4.91 Å². The van der Waals surface area contributed by atoms with Gasteiger partial charge in [0.25, 0.3) is 10.0 Å². The van der Waals surface area contributed by atoms with E-state index in [9.17, 15) is 12.8 Å². The van der Waals surface area contributed by atoms with E-state index in [0.717, 1.165) is 32.6 Å². The lowest BCUT2D eigenvalue weighted by Gasteiger charge is -2.22. The summed E-state index contributed by atoms with van der Waals surface area (Å²) in [6, 6.07) is 5.49. The van der Waals surface area contributed by atoms with Crippen LogP contribution >= 0.6 is 0 Å². The van der Waals surface area contributed by atoms with Crippen LogP contribution < -0.4 is 5.32 Å². The fraction of sp³-hybridized carbons (Fsp3) is 0.400. The van der Waals surface area contributed by atoms with Crippen molar-refractivity contribution in [3.8, 4) is 0 Å². The second kappa shape index (κ2) is 5.81. The molecule has 1 saturated heterocycles. The third-order valence-corrected chi connectivity index (χ3v) is 5.36. The molecule has 2 aliphatic heterocycles. The van der Waals surface area contributed by atoms with Gasteiger partial charge in [0.1, 0.15) is 16.6 Å². The summed E-state index contributed by atoms with van der Waals surface area (Å²) in [6.07, 6.45) is 0.943. The number of rotatable bonds is 1. The van der Waals surface area contributed by atoms with Gasteiger partial charge in [-0.1, -0.05) is 12.1 Å². The molecule has 0 atom stereocenters. The number of hydrogen-bond acceptors (Lipinski definition) is 4. The van der Waals surface area contributed by atoms with Crippen LogP contribution in [0.5, 0.6) is 0 Å². The first-order valence-electron chi connectivity index (χ1n) is 7.27. The van der Waals surface area contributed by atoms with E-state index in [1.165, 1.54) is 24.3 Å². The zero-order valence-corrected chi connectivity index (χ0v) is 13.2. The quantitative estimate of drug-likeness (QED) is 0.853. The van der Waals surface area contributed by atoms with Crippen molar-refractivity contribution in [3.05, 3.63) is 41.2 Å². The Kier molecular flexibility index (Phi) is 4.01. The van der Waals surface area contributed by atoms with E-state index >= 15 is 0 Å². The summed E-state index contributed by atoms with van der Waals surface area (Å²) in [5.74, 6) is 0.125. The van der Waals surface area contributed by atoms with Crippen LogP contribution in [0.3, 0.4) is 0 Å². The van der Waals surface area contributed by atoms with Crippen molar-refractivity contribution in [2.75, 3.05) is 26.2 Å². The van der Waals surface area contributed by atoms with Crippen LogP contribution in [0.15, 0.2) is 34.2 Å². The van der Waals surface area contributed by atoms with E-state index in [1.54, 1.807) is 6.92 Å². The SMILES string of the molecule is CC1=C(c2ccc(F)cc2)S(=O)(=O)N=C1N1CCCNCC1. The van der Waals surface area contributed by atoms with E-state index in [0.29, 0.717) is 17.0 Å². The summed E-state index contributed by atoms with van der Waals surface area (Å²) in [7, 11) is -3.73. The number of benzene rings is 1. The molecular formula is C15H18FN3O2S. The van der Waals surface area contributed by atoms with Crippen LogP contribution in [0.25, 0.3) is 4.91 Å². The number of hydrogen-bond donors (Lipinski definition) is 1. The Hall–Kier alpha value is -1.73. The van der Waals surface area contributed by atoms with Crippen molar-refractivity contribution in [3.63, 3.8) is 0 Å². The third kappa shape index (κ3) is 2.78. The Morgan fingerprint density at radius 3 is 2.64 bits per heavy atom. The molecule has 0 saturated carbocycles. The Labute approximate surface area is 129 Å². The first kappa shape index (κ1) is 15.2. The van der Waals surface area contributed by atoms with Crippen molar-refractivity contribution < 1.29 is 12.8 Å². The van der Waals surface area contributed by atoms with Crippen molar-refractivity contribution in [1.29, 1.82) is 0 Å². The largest absolute Gasteiger partial charge is 0.354 e. The lowest BCUT2D eigenvalue weighted by Crippen LogP contribution is -2.34. The number of nitrogens with one attached hydrogen (secondary N) is 1. The van der Waals surface area contributed by atoms with Crippen LogP contribution in [0.2, 0.25) is 0 Å². The van der Waals surface area contributed by atoms with Gasteiger partial charge in [0, 0.05) is 25.2 Å². The minimum absolute atomic E-state index is 0.180. The van der Waals surface area contributed by atoms with Gasteiger partial charge in [0.2, 0.25) is 0 Å². The molecule has 0 unspecified atom stereocenters. The standard InChI is InChI=1S/C15H18FN3O2S/c1-11-14(12-3-5-13(16)6-4-12)22(20,21)18-15(11)19-9-2-7-17-8-10-19/h3-6,17H,2,7-10H2,1H3. The summed E-state index contributed by atoms with van der Waals surface area (Å²) in [4.78, 5) is 2.18. The van der Waals surface area contributed by atoms with Crippen LogP contribution in [0.1, 0.15) is 18.9 Å². The van der Waals surface area contributed by atoms with Crippen LogP contribution in [0.4, 0.5) is 4.39 Å². The molecule has 118 valence electrons. The maximum Gasteiger partial charge on any atom is 0.285 e. The molecule has 1 aromatic rings. The monoisotopic (exact) mass is 323 g/mol. The van der Waals surface area contributed by atoms with Crippen molar-refractivity contribution in [1.82, 2.24) is 10.2 Å². The van der Waals surface area contributed by atoms with Gasteiger partial charge in [0.15, 0.2) is 0 Å². The number of nitrogens with zero attached hydrogens (tertiary/aromatic N) is 2. The summed E-state index contributed by atoms with van der Waals surface area (Å²) < 4.78 is 41.9. The first-order valence-corrected chi connectivity index (χ1v) is 8.71. The Bertz CT molecular complexity index is 731. The maximum absolute atomic E-state index is 13.1. The number of halogens is 1. The van der Waals surface area contributed by atoms with E-state index in [2.05, 4.69) is 9.71 Å². The minimum atomic E-state index is -3.73. The summed E-state index contributed by atoms with van der Waals surface area (Å²) in [5, 5.41) is 3.28. The first-order chi connectivity index (χ1) is 10.5. The van der Waals surface area contributed by atoms with E-state index in [4.69, 9.17) is 0 Å². The van der Waals surface area contributed by atoms with Gasteiger partial charge in [-0.05, 0) is 37.6 Å². The highest BCUT2D eigenvalue weighted by atomic mass is 32.2. The molecule has 0 radical (unpaired) electrons. The van der Waals surface area contributed by atoms with E-state index < -0.39 is 15.8 Å². The van der Waals surface area contributed by atoms with Gasteiger partial charge in [0.05, 0.1) is 0 Å². The van der Waals surface area contributed by atoms with Gasteiger partial charge >= 0.3 is 0 Å². The average molecular weight is 323 g/mol. The smallest absolute Gasteiger partial charge is 0.285 e. The van der Waals surface area contributed by atoms with Crippen LogP contribution in [-0.4, -0.2) is 45.3 Å². The minimum Gasteiger partial charge on any atom is -0.354 e. The molecule has 5 nitrogen and oxygen atoms in total. The van der Waals surface area contributed by atoms with Crippen molar-refractivity contribution >= 4 is 20.8 Å². The molecule has 1 aromatic carbocycles. The highest BCUT2D eigenvalue weighted by molar-refractivity contribution is 8.00. The van der Waals surface area contributed by atoms with E-state index in [1.807, 2.05) is 4.90 Å². The second-order valence-corrected chi connectivity index (χ2v) is 6.98. The molecule has 2 heterocycles. The summed E-state index contributed by atoms with van der Waals surface area (Å²) in [6.45, 7) is 4.99. The topological polar surface area (TPSA) is 61.8 Å². The number of amidine groups is 1. The Morgan fingerprint density at radius 2 is 1.91 bits per heavy atom. The molecule has 2 aliphatic rings. The molecule has 22 heavy (non-hydrogen) atoms. The van der Waals surface area contributed by atoms with Gasteiger partial charge in [-0.2, -0.15) is 8.42 Å². The maximum atomic E-state index is 13.1. The molecule has 0 spiro atoms. The third-order valence-electron chi connectivity index (χ3n) is 3.89. The lowest BCUT2D eigenvalue weighted by atomic mass is 10.1. The lowest BCUT2D eigenvalue weighted by molar-refractivity contribution is 0.447. The van der Waals surface area contributed by atoms with Gasteiger partial charge in [-0.3, -0.25) is 0 Å². The van der Waals surface area contributed by atoms with Gasteiger partial charge in [-0.25, -0.2) is 4.39 Å². The molecule has 0 aliphatic carbocycles. The predicted molar refractivity (Wildman–Crippen MR) is 84.4 cm³/mol. The normalized spacial score (nSPS) is 21.7. The van der Waals surface area contributed by atoms with Gasteiger partial charge < -0.3 is 10.2 Å². The van der Waals surface area contributed by atoms with Crippen molar-refractivity contribution in [2.45, 2.75) is 13.3 Å². The fourth-order valence-electron chi connectivity index (χ4n) is 2.84. The molecule has 1 fully saturated rings. The van der Waals surface area contributed by atoms with Crippen LogP contribution in [0, 0.1) is 5.82 Å². The zero-order chi connectivity index (χ0) is 15.7. The highest BCUT2D eigenvalue weighted by Crippen LogP contribution is 2.33. The molecule has 0 amide bonds. The van der Waals surface area contributed by atoms with Crippen LogP contribution in [-0.2, 0) is 10.0 Å². The molecule has 7 heteroatoms. The predicted octanol–water partition coefficient (Wildman–Crippen LogP) is 1.59. The summed E-state index contributed by atoms with van der Waals surface area (Å²) in [5.41, 5.74) is 1.11. The molecule has 3 rings (SSSR count). The molecular weight excluding hydrogens is 305 g/mol. The fourth-order valence-corrected chi connectivity index (χ4v) is 4.33. The Morgan fingerprint density at radius 1 is 1.18 bits per heavy atom. The van der Waals surface area contributed by atoms with Crippen molar-refractivity contribution in [2.24, 2.45) is 4.40 Å². The van der Waals surface area contributed by atoms with Gasteiger partial charge in [-0.15, -0.1) is 4.40 Å². The molecule has 1 N–H and O–H groups in total. The molecule has 0 aromatic heterocycles. The second-order valence-electron chi connectivity index (χ2n) is 5.44. The Balaban J connectivity index is 2.01. The number of sulfonamides is 1. The summed E-state index contributed by atoms with van der Waals surface area (Å²) >= 11 is 0. The average Bonchev–Trinajstić information content (AvgIpc) is 2.67.